The number of anilines is 2. The lowest BCUT2D eigenvalue weighted by molar-refractivity contribution is -0.119. The largest absolute Gasteiger partial charge is 0.326 e. The first kappa shape index (κ1) is 19.7. The molecule has 0 saturated carbocycles. The van der Waals surface area contributed by atoms with E-state index in [1.54, 1.807) is 62.4 Å². The summed E-state index contributed by atoms with van der Waals surface area (Å²) in [5.41, 5.74) is 1.70. The minimum absolute atomic E-state index is 0.0735. The number of hydrogen-bond acceptors (Lipinski definition) is 3. The van der Waals surface area contributed by atoms with Gasteiger partial charge in [0.1, 0.15) is 0 Å². The van der Waals surface area contributed by atoms with E-state index in [4.69, 9.17) is 11.6 Å². The van der Waals surface area contributed by atoms with Crippen molar-refractivity contribution in [1.82, 2.24) is 0 Å². The van der Waals surface area contributed by atoms with Crippen LogP contribution in [0.4, 0.5) is 11.4 Å². The highest BCUT2D eigenvalue weighted by atomic mass is 35.5. The Balaban J connectivity index is 1.88. The number of Topliss-reactive ketones (excluding diaryl/α,β-unsaturated/α-hetero) is 1. The molecule has 5 nitrogen and oxygen atoms in total. The fourth-order valence-corrected chi connectivity index (χ4v) is 2.32. The molecule has 0 spiro atoms. The van der Waals surface area contributed by atoms with Gasteiger partial charge in [-0.1, -0.05) is 31.5 Å². The lowest BCUT2D eigenvalue weighted by Gasteiger charge is -2.10. The highest BCUT2D eigenvalue weighted by Gasteiger charge is 2.11. The second-order valence-electron chi connectivity index (χ2n) is 6.20. The average Bonchev–Trinajstić information content (AvgIpc) is 2.60. The van der Waals surface area contributed by atoms with Crippen LogP contribution in [0.2, 0.25) is 5.02 Å². The van der Waals surface area contributed by atoms with Gasteiger partial charge in [0.05, 0.1) is 0 Å². The van der Waals surface area contributed by atoms with Crippen molar-refractivity contribution >= 4 is 40.6 Å². The quantitative estimate of drug-likeness (QED) is 0.701. The number of carbonyl (C=O) groups is 3. The van der Waals surface area contributed by atoms with Crippen LogP contribution in [-0.2, 0) is 9.59 Å². The standard InChI is InChI=1S/C20H21ClN2O3/c1-13(2)20(26)23-17-5-3-4-16(12-17)22-19(25)11-10-18(24)14-6-8-15(21)9-7-14/h3-9,12-13H,10-11H2,1-2H3,(H,22,25)(H,23,26). The van der Waals surface area contributed by atoms with E-state index in [2.05, 4.69) is 10.6 Å². The van der Waals surface area contributed by atoms with Gasteiger partial charge in [-0.15, -0.1) is 0 Å². The fourth-order valence-electron chi connectivity index (χ4n) is 2.19. The van der Waals surface area contributed by atoms with Gasteiger partial charge in [-0.2, -0.15) is 0 Å². The summed E-state index contributed by atoms with van der Waals surface area (Å²) in [6.45, 7) is 3.61. The highest BCUT2D eigenvalue weighted by molar-refractivity contribution is 6.30. The van der Waals surface area contributed by atoms with Gasteiger partial charge < -0.3 is 10.6 Å². The molecule has 0 aliphatic rings. The summed E-state index contributed by atoms with van der Waals surface area (Å²) >= 11 is 5.79. The Morgan fingerprint density at radius 1 is 0.923 bits per heavy atom. The van der Waals surface area contributed by atoms with Gasteiger partial charge in [0.2, 0.25) is 11.8 Å². The van der Waals surface area contributed by atoms with E-state index < -0.39 is 0 Å². The molecule has 0 saturated heterocycles. The number of nitrogens with one attached hydrogen (secondary N) is 2. The Hall–Kier alpha value is -2.66. The van der Waals surface area contributed by atoms with Crippen LogP contribution in [0.25, 0.3) is 0 Å². The Morgan fingerprint density at radius 3 is 2.15 bits per heavy atom. The lowest BCUT2D eigenvalue weighted by atomic mass is 10.1. The van der Waals surface area contributed by atoms with Crippen LogP contribution in [0.5, 0.6) is 0 Å². The Morgan fingerprint density at radius 2 is 1.54 bits per heavy atom. The first-order chi connectivity index (χ1) is 12.3. The number of hydrogen-bond donors (Lipinski definition) is 2. The number of rotatable bonds is 7. The maximum absolute atomic E-state index is 12.1. The third kappa shape index (κ3) is 6.01. The van der Waals surface area contributed by atoms with E-state index in [1.807, 2.05) is 0 Å². The van der Waals surface area contributed by atoms with Crippen molar-refractivity contribution < 1.29 is 14.4 Å². The van der Waals surface area contributed by atoms with Crippen molar-refractivity contribution in [2.24, 2.45) is 5.92 Å². The molecule has 2 aromatic rings. The molecule has 0 radical (unpaired) electrons. The molecule has 2 aromatic carbocycles. The predicted molar refractivity (Wildman–Crippen MR) is 104 cm³/mol. The molecule has 0 atom stereocenters. The zero-order valence-electron chi connectivity index (χ0n) is 14.7. The minimum Gasteiger partial charge on any atom is -0.326 e. The second-order valence-corrected chi connectivity index (χ2v) is 6.64. The SMILES string of the molecule is CC(C)C(=O)Nc1cccc(NC(=O)CCC(=O)c2ccc(Cl)cc2)c1. The van der Waals surface area contributed by atoms with Crippen LogP contribution < -0.4 is 10.6 Å². The van der Waals surface area contributed by atoms with E-state index in [9.17, 15) is 14.4 Å². The van der Waals surface area contributed by atoms with Gasteiger partial charge in [0.15, 0.2) is 5.78 Å². The number of amides is 2. The molecule has 0 aromatic heterocycles. The van der Waals surface area contributed by atoms with Gasteiger partial charge >= 0.3 is 0 Å². The van der Waals surface area contributed by atoms with Crippen LogP contribution in [0.1, 0.15) is 37.0 Å². The fraction of sp³-hybridized carbons (Fsp3) is 0.250. The molecule has 2 N–H and O–H groups in total. The molecule has 0 aliphatic heterocycles. The normalized spacial score (nSPS) is 10.5. The Kier molecular flexibility index (Phi) is 6.92. The van der Waals surface area contributed by atoms with E-state index in [0.717, 1.165) is 0 Å². The van der Waals surface area contributed by atoms with Crippen LogP contribution >= 0.6 is 11.6 Å². The van der Waals surface area contributed by atoms with Crippen LogP contribution in [-0.4, -0.2) is 17.6 Å². The molecule has 2 amide bonds. The molecule has 2 rings (SSSR count). The zero-order chi connectivity index (χ0) is 19.1. The molecule has 136 valence electrons. The lowest BCUT2D eigenvalue weighted by Crippen LogP contribution is -2.18. The summed E-state index contributed by atoms with van der Waals surface area (Å²) in [5.74, 6) is -0.608. The average molecular weight is 373 g/mol. The maximum Gasteiger partial charge on any atom is 0.226 e. The van der Waals surface area contributed by atoms with E-state index in [-0.39, 0.29) is 36.4 Å². The van der Waals surface area contributed by atoms with Crippen LogP contribution in [0.3, 0.4) is 0 Å². The third-order valence-corrected chi connectivity index (χ3v) is 3.94. The minimum atomic E-state index is -0.264. The molecule has 0 aliphatic carbocycles. The van der Waals surface area contributed by atoms with Gasteiger partial charge in [0, 0.05) is 40.7 Å². The molecule has 6 heteroatoms. The molecule has 0 heterocycles. The summed E-state index contributed by atoms with van der Waals surface area (Å²) in [6.07, 6.45) is 0.182. The highest BCUT2D eigenvalue weighted by Crippen LogP contribution is 2.17. The number of benzene rings is 2. The third-order valence-electron chi connectivity index (χ3n) is 3.68. The summed E-state index contributed by atoms with van der Waals surface area (Å²) in [7, 11) is 0. The van der Waals surface area contributed by atoms with E-state index >= 15 is 0 Å². The van der Waals surface area contributed by atoms with Crippen LogP contribution in [0, 0.1) is 5.92 Å². The topological polar surface area (TPSA) is 75.3 Å². The predicted octanol–water partition coefficient (Wildman–Crippen LogP) is 4.54. The van der Waals surface area contributed by atoms with Gasteiger partial charge in [0.25, 0.3) is 0 Å². The monoisotopic (exact) mass is 372 g/mol. The second kappa shape index (κ2) is 9.15. The van der Waals surface area contributed by atoms with Crippen LogP contribution in [0.15, 0.2) is 48.5 Å². The maximum atomic E-state index is 12.1. The number of ketones is 1. The van der Waals surface area contributed by atoms with Gasteiger partial charge in [-0.25, -0.2) is 0 Å². The van der Waals surface area contributed by atoms with Gasteiger partial charge in [-0.05, 0) is 42.5 Å². The molecular formula is C20H21ClN2O3. The van der Waals surface area contributed by atoms with E-state index in [0.29, 0.717) is 22.0 Å². The van der Waals surface area contributed by atoms with E-state index in [1.165, 1.54) is 0 Å². The smallest absolute Gasteiger partial charge is 0.226 e. The molecule has 0 fully saturated rings. The molecular weight excluding hydrogens is 352 g/mol. The number of halogens is 1. The van der Waals surface area contributed by atoms with Gasteiger partial charge in [-0.3, -0.25) is 14.4 Å². The zero-order valence-corrected chi connectivity index (χ0v) is 15.5. The van der Waals surface area contributed by atoms with Crippen molar-refractivity contribution in [1.29, 1.82) is 0 Å². The summed E-state index contributed by atoms with van der Waals surface area (Å²) in [6, 6.07) is 13.5. The Bertz CT molecular complexity index is 801. The van der Waals surface area contributed by atoms with Crippen molar-refractivity contribution in [3.05, 3.63) is 59.1 Å². The molecule has 0 bridgehead atoms. The van der Waals surface area contributed by atoms with Crippen molar-refractivity contribution in [2.75, 3.05) is 10.6 Å². The number of carbonyl (C=O) groups excluding carboxylic acids is 3. The summed E-state index contributed by atoms with van der Waals surface area (Å²) in [4.78, 5) is 35.9. The molecule has 0 unspecified atom stereocenters. The first-order valence-electron chi connectivity index (χ1n) is 8.34. The van der Waals surface area contributed by atoms with Crippen molar-refractivity contribution in [3.8, 4) is 0 Å². The van der Waals surface area contributed by atoms with Crippen molar-refractivity contribution in [2.45, 2.75) is 26.7 Å². The summed E-state index contributed by atoms with van der Waals surface area (Å²) < 4.78 is 0. The molecule has 26 heavy (non-hydrogen) atoms. The van der Waals surface area contributed by atoms with Crippen molar-refractivity contribution in [3.63, 3.8) is 0 Å². The Labute approximate surface area is 157 Å². The summed E-state index contributed by atoms with van der Waals surface area (Å²) in [5, 5.41) is 6.07. The first-order valence-corrected chi connectivity index (χ1v) is 8.72.